The molecule has 2 rings (SSSR count). The number of carbonyl (C=O) groups excluding carboxylic acids is 1. The van der Waals surface area contributed by atoms with Crippen LogP contribution in [0.4, 0.5) is 0 Å². The minimum atomic E-state index is -0.306. The van der Waals surface area contributed by atoms with E-state index in [-0.39, 0.29) is 19.1 Å². The highest BCUT2D eigenvalue weighted by molar-refractivity contribution is 14.1. The number of hydrogen-bond donors (Lipinski definition) is 1. The summed E-state index contributed by atoms with van der Waals surface area (Å²) in [6.07, 6.45) is 0. The Bertz CT molecular complexity index is 714. The molecule has 0 saturated heterocycles. The van der Waals surface area contributed by atoms with Gasteiger partial charge in [-0.1, -0.05) is 30.3 Å². The first-order chi connectivity index (χ1) is 11.7. The van der Waals surface area contributed by atoms with Crippen molar-refractivity contribution in [3.63, 3.8) is 0 Å². The standard InChI is InChI=1S/C18H17IN2O3/c19-16-7-6-15(11-20)10-17(16)23-9-8-21-12-18(22)24-13-14-4-2-1-3-5-14/h1-7,10,21H,8-9,12-13H2. The molecule has 6 heteroatoms. The molecule has 0 saturated carbocycles. The number of halogens is 1. The molecule has 0 radical (unpaired) electrons. The number of nitrogens with one attached hydrogen (secondary N) is 1. The molecule has 0 fully saturated rings. The molecule has 0 amide bonds. The summed E-state index contributed by atoms with van der Waals surface area (Å²) in [5.74, 6) is 0.364. The number of esters is 1. The van der Waals surface area contributed by atoms with E-state index in [2.05, 4.69) is 34.0 Å². The first-order valence-electron chi connectivity index (χ1n) is 7.42. The van der Waals surface area contributed by atoms with Gasteiger partial charge in [0.25, 0.3) is 0 Å². The van der Waals surface area contributed by atoms with Crippen LogP contribution in [0.15, 0.2) is 48.5 Å². The van der Waals surface area contributed by atoms with Crippen LogP contribution < -0.4 is 10.1 Å². The van der Waals surface area contributed by atoms with Crippen LogP contribution in [0.1, 0.15) is 11.1 Å². The predicted molar refractivity (Wildman–Crippen MR) is 98.5 cm³/mol. The van der Waals surface area contributed by atoms with E-state index in [9.17, 15) is 4.79 Å². The molecular formula is C18H17IN2O3. The topological polar surface area (TPSA) is 71.3 Å². The summed E-state index contributed by atoms with van der Waals surface area (Å²) in [4.78, 5) is 11.6. The van der Waals surface area contributed by atoms with Gasteiger partial charge in [-0.2, -0.15) is 5.26 Å². The Morgan fingerprint density at radius 1 is 1.21 bits per heavy atom. The van der Waals surface area contributed by atoms with Gasteiger partial charge in [0.1, 0.15) is 19.0 Å². The van der Waals surface area contributed by atoms with Crippen LogP contribution in [-0.2, 0) is 16.1 Å². The lowest BCUT2D eigenvalue weighted by molar-refractivity contribution is -0.143. The first-order valence-corrected chi connectivity index (χ1v) is 8.49. The number of rotatable bonds is 8. The molecule has 2 aromatic rings. The van der Waals surface area contributed by atoms with Gasteiger partial charge >= 0.3 is 5.97 Å². The third-order valence-corrected chi connectivity index (χ3v) is 4.00. The summed E-state index contributed by atoms with van der Waals surface area (Å²) in [6, 6.07) is 16.9. The Labute approximate surface area is 154 Å². The van der Waals surface area contributed by atoms with Crippen LogP contribution in [0.2, 0.25) is 0 Å². The lowest BCUT2D eigenvalue weighted by Crippen LogP contribution is -2.28. The minimum Gasteiger partial charge on any atom is -0.491 e. The van der Waals surface area contributed by atoms with Gasteiger partial charge in [0.15, 0.2) is 0 Å². The maximum atomic E-state index is 11.6. The average molecular weight is 436 g/mol. The van der Waals surface area contributed by atoms with Crippen molar-refractivity contribution in [2.24, 2.45) is 0 Å². The van der Waals surface area contributed by atoms with Crippen molar-refractivity contribution in [3.8, 4) is 11.8 Å². The molecule has 24 heavy (non-hydrogen) atoms. The van der Waals surface area contributed by atoms with Crippen molar-refractivity contribution in [1.29, 1.82) is 5.26 Å². The number of nitriles is 1. The molecule has 0 bridgehead atoms. The summed E-state index contributed by atoms with van der Waals surface area (Å²) in [7, 11) is 0. The molecule has 0 spiro atoms. The molecule has 0 aromatic heterocycles. The van der Waals surface area contributed by atoms with Crippen LogP contribution in [0.5, 0.6) is 5.75 Å². The Morgan fingerprint density at radius 3 is 2.75 bits per heavy atom. The fourth-order valence-electron chi connectivity index (χ4n) is 1.90. The van der Waals surface area contributed by atoms with Crippen molar-refractivity contribution < 1.29 is 14.3 Å². The second-order valence-corrected chi connectivity index (χ2v) is 6.09. The zero-order valence-corrected chi connectivity index (χ0v) is 15.2. The molecule has 0 atom stereocenters. The van der Waals surface area contributed by atoms with Gasteiger partial charge in [0, 0.05) is 6.54 Å². The lowest BCUT2D eigenvalue weighted by Gasteiger charge is -2.09. The van der Waals surface area contributed by atoms with Crippen molar-refractivity contribution in [2.75, 3.05) is 19.7 Å². The largest absolute Gasteiger partial charge is 0.491 e. The molecule has 1 N–H and O–H groups in total. The summed E-state index contributed by atoms with van der Waals surface area (Å²) in [5, 5.41) is 11.9. The second-order valence-electron chi connectivity index (χ2n) is 4.93. The molecular weight excluding hydrogens is 419 g/mol. The van der Waals surface area contributed by atoms with E-state index in [0.29, 0.717) is 24.5 Å². The number of benzene rings is 2. The normalized spacial score (nSPS) is 10.0. The van der Waals surface area contributed by atoms with Crippen molar-refractivity contribution in [3.05, 3.63) is 63.2 Å². The number of ether oxygens (including phenoxy) is 2. The van der Waals surface area contributed by atoms with Crippen molar-refractivity contribution in [2.45, 2.75) is 6.61 Å². The summed E-state index contributed by atoms with van der Waals surface area (Å²) >= 11 is 2.15. The number of hydrogen-bond acceptors (Lipinski definition) is 5. The van der Waals surface area contributed by atoms with Crippen LogP contribution in [0, 0.1) is 14.9 Å². The number of carbonyl (C=O) groups is 1. The smallest absolute Gasteiger partial charge is 0.320 e. The maximum absolute atomic E-state index is 11.6. The monoisotopic (exact) mass is 436 g/mol. The lowest BCUT2D eigenvalue weighted by atomic mass is 10.2. The minimum absolute atomic E-state index is 0.130. The van der Waals surface area contributed by atoms with E-state index in [1.165, 1.54) is 0 Å². The molecule has 5 nitrogen and oxygen atoms in total. The Balaban J connectivity index is 1.63. The molecule has 124 valence electrons. The highest BCUT2D eigenvalue weighted by Crippen LogP contribution is 2.21. The van der Waals surface area contributed by atoms with Gasteiger partial charge in [0.05, 0.1) is 21.7 Å². The highest BCUT2D eigenvalue weighted by Gasteiger charge is 2.04. The third kappa shape index (κ3) is 6.18. The quantitative estimate of drug-likeness (QED) is 0.392. The Kier molecular flexibility index (Phi) is 7.52. The van der Waals surface area contributed by atoms with Crippen LogP contribution in [0.25, 0.3) is 0 Å². The Hall–Kier alpha value is -2.11. The van der Waals surface area contributed by atoms with Gasteiger partial charge in [-0.25, -0.2) is 0 Å². The van der Waals surface area contributed by atoms with Crippen LogP contribution in [0.3, 0.4) is 0 Å². The zero-order chi connectivity index (χ0) is 17.2. The van der Waals surface area contributed by atoms with E-state index >= 15 is 0 Å². The number of nitrogens with zero attached hydrogens (tertiary/aromatic N) is 1. The van der Waals surface area contributed by atoms with Crippen molar-refractivity contribution in [1.82, 2.24) is 5.32 Å². The molecule has 0 aliphatic heterocycles. The first kappa shape index (κ1) is 18.2. The van der Waals surface area contributed by atoms with Gasteiger partial charge in [0.2, 0.25) is 0 Å². The molecule has 0 heterocycles. The fraction of sp³-hybridized carbons (Fsp3) is 0.222. The summed E-state index contributed by atoms with van der Waals surface area (Å²) in [5.41, 5.74) is 1.52. The maximum Gasteiger partial charge on any atom is 0.320 e. The molecule has 2 aromatic carbocycles. The van der Waals surface area contributed by atoms with E-state index in [1.807, 2.05) is 36.4 Å². The van der Waals surface area contributed by atoms with Gasteiger partial charge in [-0.3, -0.25) is 4.79 Å². The third-order valence-electron chi connectivity index (χ3n) is 3.11. The van der Waals surface area contributed by atoms with Gasteiger partial charge < -0.3 is 14.8 Å². The molecule has 0 aliphatic rings. The predicted octanol–water partition coefficient (Wildman–Crippen LogP) is 2.87. The van der Waals surface area contributed by atoms with Crippen LogP contribution in [-0.4, -0.2) is 25.7 Å². The summed E-state index contributed by atoms with van der Waals surface area (Å²) < 4.78 is 11.7. The van der Waals surface area contributed by atoms with Crippen LogP contribution >= 0.6 is 22.6 Å². The zero-order valence-electron chi connectivity index (χ0n) is 13.0. The van der Waals surface area contributed by atoms with E-state index < -0.39 is 0 Å². The fourth-order valence-corrected chi connectivity index (χ4v) is 2.39. The van der Waals surface area contributed by atoms with E-state index in [4.69, 9.17) is 14.7 Å². The SMILES string of the molecule is N#Cc1ccc(I)c(OCCNCC(=O)OCc2ccccc2)c1. The average Bonchev–Trinajstić information content (AvgIpc) is 2.62. The van der Waals surface area contributed by atoms with E-state index in [0.717, 1.165) is 9.13 Å². The van der Waals surface area contributed by atoms with Gasteiger partial charge in [-0.05, 0) is 46.4 Å². The van der Waals surface area contributed by atoms with Crippen molar-refractivity contribution >= 4 is 28.6 Å². The van der Waals surface area contributed by atoms with Gasteiger partial charge in [-0.15, -0.1) is 0 Å². The second kappa shape index (κ2) is 9.90. The molecule has 0 aliphatic carbocycles. The Morgan fingerprint density at radius 2 is 2.00 bits per heavy atom. The summed E-state index contributed by atoms with van der Waals surface area (Å²) in [6.45, 7) is 1.31. The highest BCUT2D eigenvalue weighted by atomic mass is 127. The van der Waals surface area contributed by atoms with E-state index in [1.54, 1.807) is 12.1 Å². The molecule has 0 unspecified atom stereocenters.